The molecule has 0 aliphatic carbocycles. The minimum Gasteiger partial charge on any atom is -0.480 e. The number of carbonyl (C=O) groups excluding carboxylic acids is 4. The van der Waals surface area contributed by atoms with E-state index in [0.717, 1.165) is 0 Å². The number of carboxylic acid groups (broad SMARTS) is 1. The predicted molar refractivity (Wildman–Crippen MR) is 124 cm³/mol. The number of nitrogens with two attached hydrogens (primary N) is 2. The Morgan fingerprint density at radius 3 is 1.97 bits per heavy atom. The first kappa shape index (κ1) is 30.6. The largest absolute Gasteiger partial charge is 0.480 e. The normalized spacial score (nSPS) is 16.4. The minimum absolute atomic E-state index is 0.146. The lowest BCUT2D eigenvalue weighted by Crippen LogP contribution is -2.60. The minimum atomic E-state index is -1.50. The van der Waals surface area contributed by atoms with E-state index in [-0.39, 0.29) is 25.2 Å². The van der Waals surface area contributed by atoms with Crippen molar-refractivity contribution in [3.05, 3.63) is 0 Å². The van der Waals surface area contributed by atoms with Crippen molar-refractivity contribution in [3.63, 3.8) is 0 Å². The summed E-state index contributed by atoms with van der Waals surface area (Å²) in [5.41, 5.74) is 11.1. The summed E-state index contributed by atoms with van der Waals surface area (Å²) in [5, 5.41) is 26.4. The van der Waals surface area contributed by atoms with Crippen LogP contribution < -0.4 is 27.4 Å². The predicted octanol–water partition coefficient (Wildman–Crippen LogP) is -1.70. The van der Waals surface area contributed by atoms with Crippen molar-refractivity contribution in [1.82, 2.24) is 16.0 Å². The SMILES string of the molecule is CCC(C)C(N)C(=O)NC(CCC(N)=O)C(=O)NC(C(=O)NC(CCSC)C(=O)O)C(C)O. The van der Waals surface area contributed by atoms with Gasteiger partial charge in [-0.1, -0.05) is 20.3 Å². The van der Waals surface area contributed by atoms with Crippen LogP contribution in [0.1, 0.15) is 46.5 Å². The molecule has 0 heterocycles. The van der Waals surface area contributed by atoms with E-state index in [9.17, 15) is 34.2 Å². The van der Waals surface area contributed by atoms with Crippen molar-refractivity contribution in [2.75, 3.05) is 12.0 Å². The zero-order chi connectivity index (χ0) is 25.7. The molecule has 4 amide bonds. The van der Waals surface area contributed by atoms with Crippen LogP contribution in [0.15, 0.2) is 0 Å². The summed E-state index contributed by atoms with van der Waals surface area (Å²) in [6.07, 6.45) is 0.802. The molecule has 0 bridgehead atoms. The average molecular weight is 492 g/mol. The van der Waals surface area contributed by atoms with E-state index in [1.807, 2.05) is 6.92 Å². The monoisotopic (exact) mass is 491 g/mol. The van der Waals surface area contributed by atoms with Gasteiger partial charge < -0.3 is 37.6 Å². The van der Waals surface area contributed by atoms with Crippen LogP contribution in [0.4, 0.5) is 0 Å². The summed E-state index contributed by atoms with van der Waals surface area (Å²) in [5.74, 6) is -4.01. The van der Waals surface area contributed by atoms with Gasteiger partial charge in [0.25, 0.3) is 0 Å². The van der Waals surface area contributed by atoms with Crippen molar-refractivity contribution < 1.29 is 34.2 Å². The lowest BCUT2D eigenvalue weighted by atomic mass is 9.98. The van der Waals surface area contributed by atoms with Crippen molar-refractivity contribution in [1.29, 1.82) is 0 Å². The fraction of sp³-hybridized carbons (Fsp3) is 0.750. The number of amides is 4. The number of carboxylic acids is 1. The molecule has 0 radical (unpaired) electrons. The van der Waals surface area contributed by atoms with Crippen LogP contribution in [0.3, 0.4) is 0 Å². The molecule has 0 rings (SSSR count). The number of thioether (sulfide) groups is 1. The van der Waals surface area contributed by atoms with Gasteiger partial charge in [-0.05, 0) is 37.7 Å². The Kier molecular flexibility index (Phi) is 14.3. The Bertz CT molecular complexity index is 692. The summed E-state index contributed by atoms with van der Waals surface area (Å²) in [6, 6.07) is -4.85. The quantitative estimate of drug-likeness (QED) is 0.131. The first-order chi connectivity index (χ1) is 15.3. The standard InChI is InChI=1S/C20H37N5O7S/c1-5-10(2)15(22)18(29)23-12(6-7-14(21)27)17(28)25-16(11(3)26)19(30)24-13(20(31)32)8-9-33-4/h10-13,15-16,26H,5-9,22H2,1-4H3,(H2,21,27)(H,23,29)(H,24,30)(H,25,28)(H,31,32). The van der Waals surface area contributed by atoms with Crippen molar-refractivity contribution in [2.45, 2.75) is 76.7 Å². The molecule has 0 aliphatic rings. The smallest absolute Gasteiger partial charge is 0.326 e. The highest BCUT2D eigenvalue weighted by Crippen LogP contribution is 2.08. The second kappa shape index (κ2) is 15.5. The van der Waals surface area contributed by atoms with E-state index in [4.69, 9.17) is 11.5 Å². The molecule has 13 heteroatoms. The van der Waals surface area contributed by atoms with Crippen LogP contribution in [0, 0.1) is 5.92 Å². The highest BCUT2D eigenvalue weighted by molar-refractivity contribution is 7.98. The number of aliphatic hydroxyl groups is 1. The van der Waals surface area contributed by atoms with Gasteiger partial charge in [-0.15, -0.1) is 0 Å². The van der Waals surface area contributed by atoms with E-state index < -0.39 is 59.9 Å². The molecule has 0 saturated heterocycles. The maximum Gasteiger partial charge on any atom is 0.326 e. The molecule has 0 aromatic carbocycles. The van der Waals surface area contributed by atoms with E-state index in [1.54, 1.807) is 13.2 Å². The Balaban J connectivity index is 5.48. The van der Waals surface area contributed by atoms with Gasteiger partial charge in [0.05, 0.1) is 12.1 Å². The average Bonchev–Trinajstić information content (AvgIpc) is 2.75. The highest BCUT2D eigenvalue weighted by Gasteiger charge is 2.33. The molecule has 33 heavy (non-hydrogen) atoms. The summed E-state index contributed by atoms with van der Waals surface area (Å²) >= 11 is 1.40. The molecular formula is C20H37N5O7S. The van der Waals surface area contributed by atoms with Gasteiger partial charge in [0.2, 0.25) is 23.6 Å². The van der Waals surface area contributed by atoms with Crippen LogP contribution in [0.2, 0.25) is 0 Å². The van der Waals surface area contributed by atoms with E-state index in [0.29, 0.717) is 12.2 Å². The topological polar surface area (TPSA) is 214 Å². The molecule has 190 valence electrons. The summed E-state index contributed by atoms with van der Waals surface area (Å²) in [4.78, 5) is 60.5. The fourth-order valence-electron chi connectivity index (χ4n) is 2.75. The van der Waals surface area contributed by atoms with Crippen LogP contribution in [-0.2, 0) is 24.0 Å². The van der Waals surface area contributed by atoms with E-state index in [2.05, 4.69) is 16.0 Å². The highest BCUT2D eigenvalue weighted by atomic mass is 32.2. The number of hydrogen-bond acceptors (Lipinski definition) is 8. The molecule has 0 spiro atoms. The van der Waals surface area contributed by atoms with Crippen molar-refractivity contribution >= 4 is 41.4 Å². The number of aliphatic carboxylic acids is 1. The third kappa shape index (κ3) is 11.3. The Morgan fingerprint density at radius 1 is 0.939 bits per heavy atom. The second-order valence-corrected chi connectivity index (χ2v) is 8.87. The lowest BCUT2D eigenvalue weighted by molar-refractivity contribution is -0.143. The molecule has 0 saturated carbocycles. The molecular weight excluding hydrogens is 454 g/mol. The fourth-order valence-corrected chi connectivity index (χ4v) is 3.22. The molecule has 0 fully saturated rings. The maximum atomic E-state index is 12.8. The van der Waals surface area contributed by atoms with Gasteiger partial charge in [0.1, 0.15) is 18.1 Å². The summed E-state index contributed by atoms with van der Waals surface area (Å²) < 4.78 is 0. The number of aliphatic hydroxyl groups excluding tert-OH is 1. The number of primary amides is 1. The van der Waals surface area contributed by atoms with Gasteiger partial charge in [-0.25, -0.2) is 4.79 Å². The van der Waals surface area contributed by atoms with Gasteiger partial charge in [0.15, 0.2) is 0 Å². The first-order valence-electron chi connectivity index (χ1n) is 10.7. The van der Waals surface area contributed by atoms with Crippen molar-refractivity contribution in [3.8, 4) is 0 Å². The molecule has 0 aromatic rings. The summed E-state index contributed by atoms with van der Waals surface area (Å²) in [7, 11) is 0. The van der Waals surface area contributed by atoms with Crippen LogP contribution in [0.25, 0.3) is 0 Å². The Hall–Kier alpha value is -2.38. The third-order valence-electron chi connectivity index (χ3n) is 5.16. The Morgan fingerprint density at radius 2 is 1.52 bits per heavy atom. The maximum absolute atomic E-state index is 12.8. The molecule has 0 aromatic heterocycles. The van der Waals surface area contributed by atoms with E-state index in [1.165, 1.54) is 18.7 Å². The molecule has 6 unspecified atom stereocenters. The molecule has 0 aliphatic heterocycles. The zero-order valence-electron chi connectivity index (χ0n) is 19.5. The van der Waals surface area contributed by atoms with Crippen LogP contribution in [-0.4, -0.2) is 82.1 Å². The summed E-state index contributed by atoms with van der Waals surface area (Å²) in [6.45, 7) is 4.87. The van der Waals surface area contributed by atoms with Gasteiger partial charge in [-0.2, -0.15) is 11.8 Å². The number of hydrogen-bond donors (Lipinski definition) is 7. The number of nitrogens with one attached hydrogen (secondary N) is 3. The number of rotatable bonds is 16. The zero-order valence-corrected chi connectivity index (χ0v) is 20.3. The van der Waals surface area contributed by atoms with E-state index >= 15 is 0 Å². The third-order valence-corrected chi connectivity index (χ3v) is 5.80. The van der Waals surface area contributed by atoms with Gasteiger partial charge in [-0.3, -0.25) is 19.2 Å². The Labute approximate surface area is 198 Å². The van der Waals surface area contributed by atoms with Gasteiger partial charge in [0, 0.05) is 6.42 Å². The molecule has 6 atom stereocenters. The van der Waals surface area contributed by atoms with Crippen molar-refractivity contribution in [2.24, 2.45) is 17.4 Å². The molecule has 9 N–H and O–H groups in total. The number of carbonyl (C=O) groups is 5. The molecule has 12 nitrogen and oxygen atoms in total. The van der Waals surface area contributed by atoms with Gasteiger partial charge >= 0.3 is 5.97 Å². The lowest BCUT2D eigenvalue weighted by Gasteiger charge is -2.27. The van der Waals surface area contributed by atoms with Crippen LogP contribution >= 0.6 is 11.8 Å². The second-order valence-electron chi connectivity index (χ2n) is 7.89. The first-order valence-corrected chi connectivity index (χ1v) is 12.1. The van der Waals surface area contributed by atoms with Crippen LogP contribution in [0.5, 0.6) is 0 Å².